The van der Waals surface area contributed by atoms with E-state index in [1.807, 2.05) is 12.1 Å². The molecular formula is C23H24FN3O4S. The molecule has 2 N–H and O–H groups in total. The van der Waals surface area contributed by atoms with Crippen molar-refractivity contribution in [3.63, 3.8) is 0 Å². The van der Waals surface area contributed by atoms with Crippen LogP contribution in [0.5, 0.6) is 11.5 Å². The van der Waals surface area contributed by atoms with Crippen molar-refractivity contribution in [3.8, 4) is 22.1 Å². The van der Waals surface area contributed by atoms with E-state index in [0.29, 0.717) is 32.6 Å². The summed E-state index contributed by atoms with van der Waals surface area (Å²) in [7, 11) is 3.13. The van der Waals surface area contributed by atoms with Crippen LogP contribution in [0, 0.1) is 12.7 Å². The van der Waals surface area contributed by atoms with Crippen molar-refractivity contribution >= 4 is 23.2 Å². The number of aromatic nitrogens is 1. The topological polar surface area (TPSA) is 89.5 Å². The number of thiazole rings is 1. The molecule has 3 aromatic rings. The van der Waals surface area contributed by atoms with Crippen LogP contribution < -0.4 is 20.1 Å². The number of amides is 2. The lowest BCUT2D eigenvalue weighted by Crippen LogP contribution is -2.35. The summed E-state index contributed by atoms with van der Waals surface area (Å²) in [6, 6.07) is 11.4. The smallest absolute Gasteiger partial charge is 0.263 e. The molecule has 9 heteroatoms. The molecule has 0 aliphatic heterocycles. The normalized spacial score (nSPS) is 10.5. The molecule has 0 radical (unpaired) electrons. The van der Waals surface area contributed by atoms with Gasteiger partial charge < -0.3 is 20.1 Å². The number of benzene rings is 2. The molecule has 1 heterocycles. The average Bonchev–Trinajstić information content (AvgIpc) is 3.17. The first-order valence-electron chi connectivity index (χ1n) is 9.90. The zero-order chi connectivity index (χ0) is 23.1. The molecule has 168 valence electrons. The van der Waals surface area contributed by atoms with Crippen molar-refractivity contribution in [3.05, 3.63) is 64.4 Å². The molecule has 0 unspecified atom stereocenters. The monoisotopic (exact) mass is 457 g/mol. The third-order valence-electron chi connectivity index (χ3n) is 4.62. The zero-order valence-electron chi connectivity index (χ0n) is 18.0. The van der Waals surface area contributed by atoms with Gasteiger partial charge in [-0.15, -0.1) is 11.3 Å². The highest BCUT2D eigenvalue weighted by Crippen LogP contribution is 2.34. The van der Waals surface area contributed by atoms with E-state index in [4.69, 9.17) is 9.47 Å². The largest absolute Gasteiger partial charge is 0.493 e. The second-order valence-corrected chi connectivity index (χ2v) is 7.91. The summed E-state index contributed by atoms with van der Waals surface area (Å²) in [5.74, 6) is 0.315. The summed E-state index contributed by atoms with van der Waals surface area (Å²) >= 11 is 1.28. The quantitative estimate of drug-likeness (QED) is 0.481. The SMILES string of the molecule is COc1ccc(-c2nc(C)c(C(=O)NCCNC(=O)Cc3cccc(F)c3)s2)cc1OC. The number of carbonyl (C=O) groups excluding carboxylic acids is 2. The lowest BCUT2D eigenvalue weighted by atomic mass is 10.1. The van der Waals surface area contributed by atoms with Gasteiger partial charge in [-0.25, -0.2) is 9.37 Å². The van der Waals surface area contributed by atoms with E-state index >= 15 is 0 Å². The number of nitrogens with zero attached hydrogens (tertiary/aromatic N) is 1. The first-order valence-corrected chi connectivity index (χ1v) is 10.7. The molecule has 3 rings (SSSR count). The van der Waals surface area contributed by atoms with Gasteiger partial charge in [0, 0.05) is 18.7 Å². The van der Waals surface area contributed by atoms with Crippen LogP contribution in [0.25, 0.3) is 10.6 Å². The van der Waals surface area contributed by atoms with Crippen molar-refractivity contribution < 1.29 is 23.5 Å². The molecule has 2 amide bonds. The second kappa shape index (κ2) is 10.7. The minimum Gasteiger partial charge on any atom is -0.493 e. The Labute approximate surface area is 189 Å². The Bertz CT molecular complexity index is 1120. The predicted molar refractivity (Wildman–Crippen MR) is 121 cm³/mol. The maximum absolute atomic E-state index is 13.2. The molecule has 0 fully saturated rings. The van der Waals surface area contributed by atoms with Gasteiger partial charge >= 0.3 is 0 Å². The van der Waals surface area contributed by atoms with Gasteiger partial charge in [0.1, 0.15) is 15.7 Å². The van der Waals surface area contributed by atoms with Crippen LogP contribution in [0.1, 0.15) is 20.9 Å². The number of carbonyl (C=O) groups is 2. The van der Waals surface area contributed by atoms with Gasteiger partial charge in [-0.2, -0.15) is 0 Å². The third-order valence-corrected chi connectivity index (χ3v) is 5.83. The summed E-state index contributed by atoms with van der Waals surface area (Å²) in [6.07, 6.45) is 0.0777. The molecule has 0 saturated carbocycles. The van der Waals surface area contributed by atoms with Crippen molar-refractivity contribution in [2.24, 2.45) is 0 Å². The maximum atomic E-state index is 13.2. The highest BCUT2D eigenvalue weighted by Gasteiger charge is 2.17. The van der Waals surface area contributed by atoms with Gasteiger partial charge in [0.05, 0.1) is 26.3 Å². The highest BCUT2D eigenvalue weighted by molar-refractivity contribution is 7.17. The summed E-state index contributed by atoms with van der Waals surface area (Å²) in [6.45, 7) is 2.30. The number of hydrogen-bond donors (Lipinski definition) is 2. The minimum absolute atomic E-state index is 0.0777. The Balaban J connectivity index is 1.54. The zero-order valence-corrected chi connectivity index (χ0v) is 18.8. The summed E-state index contributed by atoms with van der Waals surface area (Å²) < 4.78 is 23.8. The highest BCUT2D eigenvalue weighted by atomic mass is 32.1. The van der Waals surface area contributed by atoms with Gasteiger partial charge in [-0.05, 0) is 42.8 Å². The van der Waals surface area contributed by atoms with Crippen LogP contribution in [0.2, 0.25) is 0 Å². The first kappa shape index (κ1) is 23.2. The number of halogens is 1. The Morgan fingerprint density at radius 2 is 1.78 bits per heavy atom. The van der Waals surface area contributed by atoms with Crippen molar-refractivity contribution in [2.45, 2.75) is 13.3 Å². The maximum Gasteiger partial charge on any atom is 0.263 e. The Morgan fingerprint density at radius 1 is 1.03 bits per heavy atom. The van der Waals surface area contributed by atoms with E-state index in [2.05, 4.69) is 15.6 Å². The van der Waals surface area contributed by atoms with Crippen LogP contribution in [0.3, 0.4) is 0 Å². The van der Waals surface area contributed by atoms with Crippen LogP contribution in [0.4, 0.5) is 4.39 Å². The molecule has 0 atom stereocenters. The number of ether oxygens (including phenoxy) is 2. The summed E-state index contributed by atoms with van der Waals surface area (Å²) in [5, 5.41) is 6.19. The van der Waals surface area contributed by atoms with E-state index in [9.17, 15) is 14.0 Å². The Hall–Kier alpha value is -3.46. The number of methoxy groups -OCH3 is 2. The standard InChI is InChI=1S/C23H24FN3O4S/c1-14-21(32-23(27-14)16-7-8-18(30-2)19(13-16)31-3)22(29)26-10-9-25-20(28)12-15-5-4-6-17(24)11-15/h4-8,11,13H,9-10,12H2,1-3H3,(H,25,28)(H,26,29). The fourth-order valence-electron chi connectivity index (χ4n) is 3.05. The van der Waals surface area contributed by atoms with Crippen LogP contribution in [-0.4, -0.2) is 44.1 Å². The van der Waals surface area contributed by atoms with E-state index in [-0.39, 0.29) is 37.1 Å². The van der Waals surface area contributed by atoms with Crippen molar-refractivity contribution in [1.82, 2.24) is 15.6 Å². The van der Waals surface area contributed by atoms with Crippen LogP contribution in [-0.2, 0) is 11.2 Å². The van der Waals surface area contributed by atoms with Gasteiger partial charge in [0.2, 0.25) is 5.91 Å². The first-order chi connectivity index (χ1) is 15.4. The van der Waals surface area contributed by atoms with Crippen LogP contribution >= 0.6 is 11.3 Å². The lowest BCUT2D eigenvalue weighted by molar-refractivity contribution is -0.120. The van der Waals surface area contributed by atoms with E-state index in [1.165, 1.54) is 23.5 Å². The van der Waals surface area contributed by atoms with Gasteiger partial charge in [-0.1, -0.05) is 12.1 Å². The van der Waals surface area contributed by atoms with Crippen LogP contribution in [0.15, 0.2) is 42.5 Å². The number of rotatable bonds is 9. The number of nitrogens with one attached hydrogen (secondary N) is 2. The molecule has 0 saturated heterocycles. The molecule has 32 heavy (non-hydrogen) atoms. The van der Waals surface area contributed by atoms with Gasteiger partial charge in [0.15, 0.2) is 11.5 Å². The van der Waals surface area contributed by atoms with Crippen molar-refractivity contribution in [1.29, 1.82) is 0 Å². The molecule has 2 aromatic carbocycles. The van der Waals surface area contributed by atoms with Gasteiger partial charge in [-0.3, -0.25) is 9.59 Å². The molecule has 0 aliphatic rings. The lowest BCUT2D eigenvalue weighted by Gasteiger charge is -2.08. The van der Waals surface area contributed by atoms with E-state index in [1.54, 1.807) is 39.3 Å². The molecule has 7 nitrogen and oxygen atoms in total. The summed E-state index contributed by atoms with van der Waals surface area (Å²) in [4.78, 5) is 29.5. The van der Waals surface area contributed by atoms with Crippen molar-refractivity contribution in [2.75, 3.05) is 27.3 Å². The minimum atomic E-state index is -0.380. The summed E-state index contributed by atoms with van der Waals surface area (Å²) in [5.41, 5.74) is 2.03. The molecule has 1 aromatic heterocycles. The number of aryl methyl sites for hydroxylation is 1. The molecule has 0 spiro atoms. The molecular weight excluding hydrogens is 433 g/mol. The second-order valence-electron chi connectivity index (χ2n) is 6.92. The third kappa shape index (κ3) is 5.82. The molecule has 0 aliphatic carbocycles. The Kier molecular flexibility index (Phi) is 7.77. The van der Waals surface area contributed by atoms with E-state index < -0.39 is 0 Å². The molecule has 0 bridgehead atoms. The van der Waals surface area contributed by atoms with Gasteiger partial charge in [0.25, 0.3) is 5.91 Å². The number of hydrogen-bond acceptors (Lipinski definition) is 6. The average molecular weight is 458 g/mol. The predicted octanol–water partition coefficient (Wildman–Crippen LogP) is 3.36. The van der Waals surface area contributed by atoms with E-state index in [0.717, 1.165) is 5.56 Å². The fourth-order valence-corrected chi connectivity index (χ4v) is 4.03. The fraction of sp³-hybridized carbons (Fsp3) is 0.261. The Morgan fingerprint density at radius 3 is 2.50 bits per heavy atom.